The second kappa shape index (κ2) is 8.52. The highest BCUT2D eigenvalue weighted by molar-refractivity contribution is 6.30. The van der Waals surface area contributed by atoms with Gasteiger partial charge < -0.3 is 15.1 Å². The summed E-state index contributed by atoms with van der Waals surface area (Å²) < 4.78 is 0. The van der Waals surface area contributed by atoms with Gasteiger partial charge in [-0.05, 0) is 31.4 Å². The molecule has 0 unspecified atom stereocenters. The van der Waals surface area contributed by atoms with Crippen molar-refractivity contribution in [2.75, 3.05) is 26.2 Å². The molecule has 1 aromatic heterocycles. The summed E-state index contributed by atoms with van der Waals surface area (Å²) in [6, 6.07) is 3.62. The van der Waals surface area contributed by atoms with Gasteiger partial charge in [0.15, 0.2) is 0 Å². The summed E-state index contributed by atoms with van der Waals surface area (Å²) in [6.07, 6.45) is 8.07. The van der Waals surface area contributed by atoms with E-state index in [4.69, 9.17) is 11.6 Å². The molecule has 0 bridgehead atoms. The molecule has 1 aromatic rings. The average molecular weight is 365 g/mol. The molecule has 3 amide bonds. The zero-order chi connectivity index (χ0) is 17.6. The second-order valence-electron chi connectivity index (χ2n) is 6.78. The number of carbonyl (C=O) groups is 2. The maximum Gasteiger partial charge on any atom is 0.317 e. The van der Waals surface area contributed by atoms with E-state index in [1.54, 1.807) is 17.0 Å². The van der Waals surface area contributed by atoms with Crippen molar-refractivity contribution in [3.05, 3.63) is 29.0 Å². The first kappa shape index (κ1) is 18.0. The maximum absolute atomic E-state index is 12.6. The van der Waals surface area contributed by atoms with E-state index in [2.05, 4.69) is 10.3 Å². The zero-order valence-electron chi connectivity index (χ0n) is 14.4. The third-order valence-corrected chi connectivity index (χ3v) is 5.17. The van der Waals surface area contributed by atoms with Gasteiger partial charge in [0.05, 0.1) is 5.02 Å². The molecule has 1 saturated carbocycles. The topological polar surface area (TPSA) is 65.5 Å². The summed E-state index contributed by atoms with van der Waals surface area (Å²) in [5.74, 6) is -0.105. The van der Waals surface area contributed by atoms with E-state index in [9.17, 15) is 9.59 Å². The van der Waals surface area contributed by atoms with Crippen LogP contribution < -0.4 is 5.32 Å². The molecule has 1 aliphatic heterocycles. The van der Waals surface area contributed by atoms with Gasteiger partial charge in [-0.1, -0.05) is 30.9 Å². The summed E-state index contributed by atoms with van der Waals surface area (Å²) in [7, 11) is 0. The summed E-state index contributed by atoms with van der Waals surface area (Å²) in [5.41, 5.74) is 0.393. The number of urea groups is 1. The van der Waals surface area contributed by atoms with Crippen LogP contribution in [-0.4, -0.2) is 58.9 Å². The number of pyridine rings is 1. The summed E-state index contributed by atoms with van der Waals surface area (Å²) in [4.78, 5) is 32.7. The number of aromatic nitrogens is 1. The van der Waals surface area contributed by atoms with Crippen molar-refractivity contribution in [2.24, 2.45) is 0 Å². The molecule has 3 rings (SSSR count). The Hall–Kier alpha value is -1.82. The largest absolute Gasteiger partial charge is 0.335 e. The van der Waals surface area contributed by atoms with Crippen LogP contribution in [0.4, 0.5) is 4.79 Å². The van der Waals surface area contributed by atoms with Gasteiger partial charge in [-0.3, -0.25) is 4.79 Å². The number of hydrogen-bond acceptors (Lipinski definition) is 3. The minimum atomic E-state index is -0.105. The van der Waals surface area contributed by atoms with E-state index in [1.807, 2.05) is 4.90 Å². The Bertz CT molecular complexity index is 602. The number of amides is 3. The van der Waals surface area contributed by atoms with Crippen LogP contribution in [0.3, 0.4) is 0 Å². The number of rotatable bonds is 2. The SMILES string of the molecule is O=C(NC1CCCCC1)N1CCCN(C(=O)c2ccc(Cl)cn2)CC1. The molecule has 6 nitrogen and oxygen atoms in total. The van der Waals surface area contributed by atoms with Gasteiger partial charge in [0.25, 0.3) is 5.91 Å². The molecule has 2 fully saturated rings. The van der Waals surface area contributed by atoms with Crippen LogP contribution in [0.1, 0.15) is 49.0 Å². The van der Waals surface area contributed by atoms with Crippen molar-refractivity contribution in [1.29, 1.82) is 0 Å². The molecular weight excluding hydrogens is 340 g/mol. The smallest absolute Gasteiger partial charge is 0.317 e. The summed E-state index contributed by atoms with van der Waals surface area (Å²) in [6.45, 7) is 2.39. The van der Waals surface area contributed by atoms with Crippen molar-refractivity contribution in [1.82, 2.24) is 20.1 Å². The highest BCUT2D eigenvalue weighted by Crippen LogP contribution is 2.18. The molecule has 2 heterocycles. The molecule has 1 aliphatic carbocycles. The van der Waals surface area contributed by atoms with Gasteiger partial charge >= 0.3 is 6.03 Å². The third kappa shape index (κ3) is 4.84. The van der Waals surface area contributed by atoms with Crippen LogP contribution in [0.25, 0.3) is 0 Å². The number of nitrogens with zero attached hydrogens (tertiary/aromatic N) is 3. The van der Waals surface area contributed by atoms with Crippen LogP contribution in [0.2, 0.25) is 5.02 Å². The van der Waals surface area contributed by atoms with E-state index in [0.717, 1.165) is 19.3 Å². The Labute approximate surface area is 153 Å². The van der Waals surface area contributed by atoms with Crippen LogP contribution in [0.15, 0.2) is 18.3 Å². The molecular formula is C18H25ClN4O2. The van der Waals surface area contributed by atoms with E-state index in [-0.39, 0.29) is 11.9 Å². The average Bonchev–Trinajstić information content (AvgIpc) is 2.89. The van der Waals surface area contributed by atoms with Gasteiger partial charge in [0.2, 0.25) is 0 Å². The van der Waals surface area contributed by atoms with Gasteiger partial charge in [0, 0.05) is 38.4 Å². The molecule has 0 atom stereocenters. The van der Waals surface area contributed by atoms with Crippen molar-refractivity contribution in [3.8, 4) is 0 Å². The van der Waals surface area contributed by atoms with Gasteiger partial charge in [-0.2, -0.15) is 0 Å². The van der Waals surface area contributed by atoms with Gasteiger partial charge in [-0.15, -0.1) is 0 Å². The minimum absolute atomic E-state index is 0.00539. The normalized spacial score (nSPS) is 19.4. The lowest BCUT2D eigenvalue weighted by atomic mass is 9.96. The highest BCUT2D eigenvalue weighted by atomic mass is 35.5. The number of halogens is 1. The Morgan fingerprint density at radius 2 is 1.72 bits per heavy atom. The Morgan fingerprint density at radius 3 is 2.44 bits per heavy atom. The van der Waals surface area contributed by atoms with Crippen LogP contribution in [0, 0.1) is 0 Å². The maximum atomic E-state index is 12.6. The Kier molecular flexibility index (Phi) is 6.13. The molecule has 0 spiro atoms. The minimum Gasteiger partial charge on any atom is -0.335 e. The molecule has 1 N–H and O–H groups in total. The number of carbonyl (C=O) groups excluding carboxylic acids is 2. The van der Waals surface area contributed by atoms with E-state index < -0.39 is 0 Å². The summed E-state index contributed by atoms with van der Waals surface area (Å²) >= 11 is 5.82. The van der Waals surface area contributed by atoms with Crippen molar-refractivity contribution < 1.29 is 9.59 Å². The van der Waals surface area contributed by atoms with Crippen LogP contribution in [0.5, 0.6) is 0 Å². The van der Waals surface area contributed by atoms with E-state index in [0.29, 0.717) is 42.9 Å². The Balaban J connectivity index is 1.53. The molecule has 136 valence electrons. The fourth-order valence-electron chi connectivity index (χ4n) is 3.50. The van der Waals surface area contributed by atoms with Crippen molar-refractivity contribution in [2.45, 2.75) is 44.6 Å². The quantitative estimate of drug-likeness (QED) is 0.877. The summed E-state index contributed by atoms with van der Waals surface area (Å²) in [5, 5.41) is 3.67. The van der Waals surface area contributed by atoms with Crippen molar-refractivity contribution in [3.63, 3.8) is 0 Å². The van der Waals surface area contributed by atoms with Crippen LogP contribution in [-0.2, 0) is 0 Å². The predicted octanol–water partition coefficient (Wildman–Crippen LogP) is 2.93. The fourth-order valence-corrected chi connectivity index (χ4v) is 3.61. The predicted molar refractivity (Wildman–Crippen MR) is 96.7 cm³/mol. The zero-order valence-corrected chi connectivity index (χ0v) is 15.2. The van der Waals surface area contributed by atoms with Crippen molar-refractivity contribution >= 4 is 23.5 Å². The molecule has 2 aliphatic rings. The van der Waals surface area contributed by atoms with Gasteiger partial charge in [0.1, 0.15) is 5.69 Å². The fraction of sp³-hybridized carbons (Fsp3) is 0.611. The standard InChI is InChI=1S/C18H25ClN4O2/c19-14-7-8-16(20-13-14)17(24)22-9-4-10-23(12-11-22)18(25)21-15-5-2-1-3-6-15/h7-8,13,15H,1-6,9-12H2,(H,21,25). The lowest BCUT2D eigenvalue weighted by molar-refractivity contribution is 0.0756. The Morgan fingerprint density at radius 1 is 1.00 bits per heavy atom. The lowest BCUT2D eigenvalue weighted by Crippen LogP contribution is -2.47. The second-order valence-corrected chi connectivity index (χ2v) is 7.22. The number of hydrogen-bond donors (Lipinski definition) is 1. The first-order valence-corrected chi connectivity index (χ1v) is 9.47. The first-order chi connectivity index (χ1) is 12.1. The molecule has 0 radical (unpaired) electrons. The molecule has 0 aromatic carbocycles. The van der Waals surface area contributed by atoms with Gasteiger partial charge in [-0.25, -0.2) is 9.78 Å². The monoisotopic (exact) mass is 364 g/mol. The lowest BCUT2D eigenvalue weighted by Gasteiger charge is -2.27. The molecule has 25 heavy (non-hydrogen) atoms. The first-order valence-electron chi connectivity index (χ1n) is 9.10. The molecule has 1 saturated heterocycles. The third-order valence-electron chi connectivity index (χ3n) is 4.95. The highest BCUT2D eigenvalue weighted by Gasteiger charge is 2.25. The molecule has 7 heteroatoms. The van der Waals surface area contributed by atoms with E-state index in [1.165, 1.54) is 25.5 Å². The number of nitrogens with one attached hydrogen (secondary N) is 1. The van der Waals surface area contributed by atoms with Crippen LogP contribution >= 0.6 is 11.6 Å². The van der Waals surface area contributed by atoms with E-state index >= 15 is 0 Å².